The molecule has 13 heteroatoms. The first-order valence-corrected chi connectivity index (χ1v) is 21.7. The minimum Gasteiger partial charge on any atom is -0.480 e. The Balaban J connectivity index is 1.45. The number of pyridine rings is 1. The zero-order chi connectivity index (χ0) is 39.2. The van der Waals surface area contributed by atoms with Crippen molar-refractivity contribution in [2.75, 3.05) is 46.0 Å². The summed E-state index contributed by atoms with van der Waals surface area (Å²) in [6, 6.07) is 6.52. The van der Waals surface area contributed by atoms with Crippen molar-refractivity contribution in [1.29, 1.82) is 0 Å². The van der Waals surface area contributed by atoms with Gasteiger partial charge in [0, 0.05) is 37.1 Å². The van der Waals surface area contributed by atoms with Crippen molar-refractivity contribution in [3.8, 4) is 40.4 Å². The molecule has 294 valence electrons. The normalized spacial score (nSPS) is 20.1. The summed E-state index contributed by atoms with van der Waals surface area (Å²) in [5, 5.41) is 4.64. The maximum absolute atomic E-state index is 17.5. The summed E-state index contributed by atoms with van der Waals surface area (Å²) in [6.07, 6.45) is 3.05. The number of hydrogen-bond acceptors (Lipinski definition) is 9. The predicted octanol–water partition coefficient (Wildman–Crippen LogP) is 9.21. The topological polar surface area (TPSA) is 90.9 Å². The third kappa shape index (κ3) is 7.22. The van der Waals surface area contributed by atoms with Gasteiger partial charge in [-0.3, -0.25) is 4.90 Å². The van der Waals surface area contributed by atoms with Gasteiger partial charge in [-0.25, -0.2) is 18.2 Å². The van der Waals surface area contributed by atoms with Crippen LogP contribution in [0.1, 0.15) is 79.2 Å². The molecule has 2 saturated heterocycles. The van der Waals surface area contributed by atoms with E-state index in [1.165, 1.54) is 20.3 Å². The molecule has 2 aromatic heterocycles. The molecule has 3 aliphatic rings. The van der Waals surface area contributed by atoms with Crippen LogP contribution in [0, 0.1) is 23.1 Å². The SMILES string of the molecule is COCOc1cc(-c2nc(OC)c3c(NC4CC4)nc(OC[C@@]45CCCN4C[C@H](F)C5)nc3c2F)c2c(C#C[Si](C(C)C)(C(C)C)C(C)C)c(F)ccc2c1. The van der Waals surface area contributed by atoms with Crippen LogP contribution in [-0.4, -0.2) is 86.4 Å². The second kappa shape index (κ2) is 15.4. The number of hydrogen-bond donors (Lipinski definition) is 1. The van der Waals surface area contributed by atoms with Crippen LogP contribution >= 0.6 is 0 Å². The van der Waals surface area contributed by atoms with Crippen molar-refractivity contribution in [1.82, 2.24) is 19.9 Å². The van der Waals surface area contributed by atoms with E-state index in [1.54, 1.807) is 18.2 Å². The van der Waals surface area contributed by atoms with Crippen molar-refractivity contribution in [2.45, 2.75) is 108 Å². The molecule has 4 heterocycles. The molecular formula is C42H52F3N5O4Si. The Morgan fingerprint density at radius 1 is 0.982 bits per heavy atom. The van der Waals surface area contributed by atoms with E-state index in [0.717, 1.165) is 32.2 Å². The molecule has 0 radical (unpaired) electrons. The van der Waals surface area contributed by atoms with E-state index in [9.17, 15) is 4.39 Å². The molecule has 4 aromatic rings. The van der Waals surface area contributed by atoms with Gasteiger partial charge in [0.15, 0.2) is 12.6 Å². The van der Waals surface area contributed by atoms with Crippen LogP contribution in [0.3, 0.4) is 0 Å². The summed E-state index contributed by atoms with van der Waals surface area (Å²) in [6.45, 7) is 14.5. The monoisotopic (exact) mass is 775 g/mol. The van der Waals surface area contributed by atoms with E-state index in [0.29, 0.717) is 51.9 Å². The van der Waals surface area contributed by atoms with Crippen LogP contribution in [0.2, 0.25) is 16.6 Å². The molecule has 55 heavy (non-hydrogen) atoms. The molecule has 1 aliphatic carbocycles. The van der Waals surface area contributed by atoms with Crippen molar-refractivity contribution in [3.63, 3.8) is 0 Å². The Hall–Kier alpha value is -4.12. The van der Waals surface area contributed by atoms with E-state index >= 15 is 8.78 Å². The number of ether oxygens (including phenoxy) is 4. The van der Waals surface area contributed by atoms with Gasteiger partial charge in [0.1, 0.15) is 54.8 Å². The van der Waals surface area contributed by atoms with Crippen molar-refractivity contribution >= 4 is 35.6 Å². The fourth-order valence-corrected chi connectivity index (χ4v) is 14.4. The third-order valence-electron chi connectivity index (χ3n) is 12.0. The summed E-state index contributed by atoms with van der Waals surface area (Å²) in [5.41, 5.74) is 4.37. The number of alkyl halides is 1. The molecule has 0 amide bonds. The number of nitrogens with one attached hydrogen (secondary N) is 1. The van der Waals surface area contributed by atoms with Crippen LogP contribution < -0.4 is 19.5 Å². The summed E-state index contributed by atoms with van der Waals surface area (Å²) in [4.78, 5) is 16.2. The Bertz CT molecular complexity index is 2130. The number of methoxy groups -OCH3 is 2. The van der Waals surface area contributed by atoms with Gasteiger partial charge >= 0.3 is 6.01 Å². The van der Waals surface area contributed by atoms with Crippen LogP contribution in [0.15, 0.2) is 24.3 Å². The highest BCUT2D eigenvalue weighted by molar-refractivity contribution is 6.90. The van der Waals surface area contributed by atoms with E-state index in [1.807, 2.05) is 0 Å². The highest BCUT2D eigenvalue weighted by atomic mass is 28.3. The van der Waals surface area contributed by atoms with E-state index in [-0.39, 0.29) is 59.1 Å². The number of benzene rings is 2. The lowest BCUT2D eigenvalue weighted by atomic mass is 9.95. The molecular weight excluding hydrogens is 724 g/mol. The fourth-order valence-electron chi connectivity index (χ4n) is 9.22. The highest BCUT2D eigenvalue weighted by Gasteiger charge is 2.49. The highest BCUT2D eigenvalue weighted by Crippen LogP contribution is 2.45. The number of nitrogens with zero attached hydrogens (tertiary/aromatic N) is 4. The number of fused-ring (bicyclic) bond motifs is 3. The summed E-state index contributed by atoms with van der Waals surface area (Å²) < 4.78 is 71.5. The summed E-state index contributed by atoms with van der Waals surface area (Å²) >= 11 is 0. The van der Waals surface area contributed by atoms with E-state index < -0.39 is 31.4 Å². The Labute approximate surface area is 322 Å². The van der Waals surface area contributed by atoms with Crippen molar-refractivity contribution in [3.05, 3.63) is 41.5 Å². The van der Waals surface area contributed by atoms with Gasteiger partial charge in [-0.15, -0.1) is 5.54 Å². The molecule has 3 fully saturated rings. The Morgan fingerprint density at radius 2 is 1.73 bits per heavy atom. The van der Waals surface area contributed by atoms with Crippen LogP contribution in [0.4, 0.5) is 19.0 Å². The molecule has 7 rings (SSSR count). The van der Waals surface area contributed by atoms with Crippen LogP contribution in [0.25, 0.3) is 32.9 Å². The fraction of sp³-hybridized carbons (Fsp3) is 0.548. The van der Waals surface area contributed by atoms with Gasteiger partial charge < -0.3 is 24.3 Å². The quantitative estimate of drug-likeness (QED) is 0.0811. The minimum atomic E-state index is -2.30. The zero-order valence-corrected chi connectivity index (χ0v) is 34.1. The minimum absolute atomic E-state index is 0.0331. The van der Waals surface area contributed by atoms with Gasteiger partial charge in [0.25, 0.3) is 0 Å². The maximum Gasteiger partial charge on any atom is 0.319 e. The van der Waals surface area contributed by atoms with Crippen LogP contribution in [0.5, 0.6) is 17.6 Å². The van der Waals surface area contributed by atoms with E-state index in [4.69, 9.17) is 28.9 Å². The van der Waals surface area contributed by atoms with Crippen molar-refractivity contribution < 1.29 is 32.1 Å². The molecule has 2 aromatic carbocycles. The first-order chi connectivity index (χ1) is 26.3. The second-order valence-electron chi connectivity index (χ2n) is 16.3. The average molecular weight is 776 g/mol. The molecule has 1 N–H and O–H groups in total. The Morgan fingerprint density at radius 3 is 2.40 bits per heavy atom. The molecule has 2 atom stereocenters. The summed E-state index contributed by atoms with van der Waals surface area (Å²) in [7, 11) is 0.663. The van der Waals surface area contributed by atoms with Gasteiger partial charge in [-0.05, 0) is 72.4 Å². The molecule has 9 nitrogen and oxygen atoms in total. The maximum atomic E-state index is 17.5. The largest absolute Gasteiger partial charge is 0.480 e. The van der Waals surface area contributed by atoms with Gasteiger partial charge in [-0.2, -0.15) is 9.97 Å². The first-order valence-electron chi connectivity index (χ1n) is 19.5. The van der Waals surface area contributed by atoms with Crippen molar-refractivity contribution in [2.24, 2.45) is 0 Å². The number of rotatable bonds is 13. The summed E-state index contributed by atoms with van der Waals surface area (Å²) in [5.74, 6) is 2.82. The second-order valence-corrected chi connectivity index (χ2v) is 21.9. The van der Waals surface area contributed by atoms with E-state index in [2.05, 4.69) is 68.2 Å². The predicted molar refractivity (Wildman–Crippen MR) is 212 cm³/mol. The molecule has 2 aliphatic heterocycles. The smallest absolute Gasteiger partial charge is 0.319 e. The molecule has 0 spiro atoms. The molecule has 0 unspecified atom stereocenters. The number of halogens is 3. The molecule has 1 saturated carbocycles. The lowest BCUT2D eigenvalue weighted by Crippen LogP contribution is -2.43. The number of anilines is 1. The van der Waals surface area contributed by atoms with Gasteiger partial charge in [0.2, 0.25) is 5.88 Å². The standard InChI is InChI=1S/C42H52F3N5O4Si/c1-24(2)55(25(3)4,26(5)6)17-14-31-33(44)13-10-27-18-30(54-23-51-7)19-32(34(27)31)37-36(45)38-35(40(47-37)52-8)39(46-29-11-12-29)49-41(48-38)53-22-42-15-9-16-50(42)21-28(43)20-42/h10,13,18-19,24-26,28-29H,9,11-12,15-16,20-23H2,1-8H3,(H,46,48,49)/t28-,42+/m1/s1. The molecule has 0 bridgehead atoms. The third-order valence-corrected chi connectivity index (χ3v) is 18.3. The van der Waals surface area contributed by atoms with Crippen LogP contribution in [-0.2, 0) is 4.74 Å². The lowest BCUT2D eigenvalue weighted by Gasteiger charge is -2.38. The average Bonchev–Trinajstić information content (AvgIpc) is 3.79. The first kappa shape index (κ1) is 39.1. The zero-order valence-electron chi connectivity index (χ0n) is 33.1. The van der Waals surface area contributed by atoms with Gasteiger partial charge in [0.05, 0.1) is 18.2 Å². The number of aromatic nitrogens is 3. The lowest BCUT2D eigenvalue weighted by molar-refractivity contribution is 0.0512. The van der Waals surface area contributed by atoms with Gasteiger partial charge in [-0.1, -0.05) is 53.5 Å². The Kier molecular flexibility index (Phi) is 11.0.